The molecule has 0 bridgehead atoms. The summed E-state index contributed by atoms with van der Waals surface area (Å²) in [5.74, 6) is 3.92. The predicted molar refractivity (Wildman–Crippen MR) is 174 cm³/mol. The zero-order chi connectivity index (χ0) is 29.5. The average Bonchev–Trinajstić information content (AvgIpc) is 3.34. The van der Waals surface area contributed by atoms with Gasteiger partial charge >= 0.3 is 5.97 Å². The molecule has 2 aromatic rings. The minimum atomic E-state index is -0.232. The van der Waals surface area contributed by atoms with Gasteiger partial charge in [0.1, 0.15) is 6.10 Å². The Morgan fingerprint density at radius 2 is 1.57 bits per heavy atom. The Morgan fingerprint density at radius 3 is 2.21 bits per heavy atom. The molecule has 2 aromatic carbocycles. The summed E-state index contributed by atoms with van der Waals surface area (Å²) in [6.07, 6.45) is 16.7. The van der Waals surface area contributed by atoms with Gasteiger partial charge in [-0.25, -0.2) is 0 Å². The van der Waals surface area contributed by atoms with Gasteiger partial charge in [0.2, 0.25) is 0 Å². The highest BCUT2D eigenvalue weighted by atomic mass is 35.5. The lowest BCUT2D eigenvalue weighted by Crippen LogP contribution is -2.60. The summed E-state index contributed by atoms with van der Waals surface area (Å²) in [5.41, 5.74) is 3.31. The van der Waals surface area contributed by atoms with E-state index in [-0.39, 0.29) is 22.4 Å². The molecule has 42 heavy (non-hydrogen) atoms. The second-order valence-electron chi connectivity index (χ2n) is 14.9. The van der Waals surface area contributed by atoms with Crippen molar-refractivity contribution in [3.05, 3.63) is 83.9 Å². The molecule has 3 heteroatoms. The number of hydrogen-bond donors (Lipinski definition) is 0. The van der Waals surface area contributed by atoms with Gasteiger partial charge in [0, 0.05) is 19.3 Å². The minimum absolute atomic E-state index is 0.00775. The summed E-state index contributed by atoms with van der Waals surface area (Å²) in [7, 11) is 0. The Labute approximate surface area is 259 Å². The molecule has 6 rings (SSSR count). The lowest BCUT2D eigenvalue weighted by molar-refractivity contribution is -0.157. The van der Waals surface area contributed by atoms with Gasteiger partial charge in [-0.1, -0.05) is 93.6 Å². The van der Waals surface area contributed by atoms with Crippen molar-refractivity contribution < 1.29 is 9.53 Å². The van der Waals surface area contributed by atoms with Crippen LogP contribution in [0.1, 0.15) is 109 Å². The Morgan fingerprint density at radius 1 is 0.905 bits per heavy atom. The minimum Gasteiger partial charge on any atom is -0.462 e. The van der Waals surface area contributed by atoms with Crippen LogP contribution in [0.2, 0.25) is 0 Å². The number of carbonyl (C=O) groups is 1. The molecular weight excluding hydrogens is 536 g/mol. The molecular formula is C39H51ClO2. The SMILES string of the molecule is CC(=O)O[C@@H]1CC[C@]2(C)[C@H]3CC[C@@]4(C)[C@@H](CC[C@H]4[C@@H](C)C/C=C/C(c4ccccc4)c4ccccc4)[C@@H]3CC[C@@]2(Cl)C1. The number of benzene rings is 2. The third-order valence-electron chi connectivity index (χ3n) is 12.9. The van der Waals surface area contributed by atoms with Crippen molar-refractivity contribution in [2.75, 3.05) is 0 Å². The number of allylic oxidation sites excluding steroid dienone is 2. The smallest absolute Gasteiger partial charge is 0.302 e. The summed E-state index contributed by atoms with van der Waals surface area (Å²) in [6.45, 7) is 9.22. The Balaban J connectivity index is 1.15. The van der Waals surface area contributed by atoms with Crippen molar-refractivity contribution >= 4 is 17.6 Å². The van der Waals surface area contributed by atoms with E-state index in [4.69, 9.17) is 16.3 Å². The zero-order valence-corrected chi connectivity index (χ0v) is 27.0. The molecule has 4 fully saturated rings. The average molecular weight is 587 g/mol. The van der Waals surface area contributed by atoms with Crippen molar-refractivity contribution in [1.82, 2.24) is 0 Å². The first-order valence-electron chi connectivity index (χ1n) is 16.8. The topological polar surface area (TPSA) is 26.3 Å². The number of esters is 1. The molecule has 0 unspecified atom stereocenters. The van der Waals surface area contributed by atoms with Crippen molar-refractivity contribution in [3.8, 4) is 0 Å². The fourth-order valence-corrected chi connectivity index (χ4v) is 11.3. The first-order valence-corrected chi connectivity index (χ1v) is 17.1. The van der Waals surface area contributed by atoms with Gasteiger partial charge in [0.25, 0.3) is 0 Å². The largest absolute Gasteiger partial charge is 0.462 e. The van der Waals surface area contributed by atoms with Crippen LogP contribution in [0.25, 0.3) is 0 Å². The third-order valence-corrected chi connectivity index (χ3v) is 13.7. The number of rotatable bonds is 7. The number of carbonyl (C=O) groups excluding carboxylic acids is 1. The molecule has 0 spiro atoms. The number of ether oxygens (including phenoxy) is 1. The number of hydrogen-bond acceptors (Lipinski definition) is 2. The Kier molecular flexibility index (Phi) is 8.42. The van der Waals surface area contributed by atoms with Crippen molar-refractivity contribution in [2.24, 2.45) is 40.4 Å². The molecule has 0 amide bonds. The summed E-state index contributed by atoms with van der Waals surface area (Å²) < 4.78 is 5.68. The summed E-state index contributed by atoms with van der Waals surface area (Å²) >= 11 is 7.55. The normalized spacial score (nSPS) is 38.5. The van der Waals surface area contributed by atoms with Crippen molar-refractivity contribution in [3.63, 3.8) is 0 Å². The van der Waals surface area contributed by atoms with Crippen LogP contribution in [0.15, 0.2) is 72.8 Å². The standard InChI is InChI=1S/C39H51ClO2/c1-27(12-11-17-32(29-13-7-5-8-14-29)30-15-9-6-10-16-30)34-18-19-35-33-21-25-39(40)26-31(42-28(2)41)20-24-38(39,4)36(33)22-23-37(34,35)3/h5-11,13-17,27,31-36H,12,18-26H2,1-4H3/b17-11+/t27-,31+,33-,34-,35-,36-,37+,38+,39+/m0/s1. The van der Waals surface area contributed by atoms with E-state index in [2.05, 4.69) is 93.6 Å². The molecule has 4 aliphatic rings. The van der Waals surface area contributed by atoms with E-state index >= 15 is 0 Å². The van der Waals surface area contributed by atoms with Crippen LogP contribution in [0.4, 0.5) is 0 Å². The van der Waals surface area contributed by atoms with Gasteiger partial charge in [0.05, 0.1) is 4.87 Å². The van der Waals surface area contributed by atoms with Gasteiger partial charge in [0.15, 0.2) is 0 Å². The summed E-state index contributed by atoms with van der Waals surface area (Å²) in [4.78, 5) is 11.5. The van der Waals surface area contributed by atoms with Crippen LogP contribution in [0.5, 0.6) is 0 Å². The molecule has 2 nitrogen and oxygen atoms in total. The molecule has 0 heterocycles. The lowest BCUT2D eigenvalue weighted by Gasteiger charge is -2.64. The van der Waals surface area contributed by atoms with Crippen LogP contribution in [0, 0.1) is 40.4 Å². The highest BCUT2D eigenvalue weighted by molar-refractivity contribution is 6.24. The molecule has 0 radical (unpaired) electrons. The molecule has 0 aliphatic heterocycles. The maximum atomic E-state index is 11.7. The first-order chi connectivity index (χ1) is 20.1. The first kappa shape index (κ1) is 30.0. The third kappa shape index (κ3) is 5.29. The summed E-state index contributed by atoms with van der Waals surface area (Å²) in [6, 6.07) is 21.9. The van der Waals surface area contributed by atoms with Gasteiger partial charge in [-0.2, -0.15) is 0 Å². The monoisotopic (exact) mass is 586 g/mol. The van der Waals surface area contributed by atoms with Crippen LogP contribution in [-0.2, 0) is 9.53 Å². The molecule has 0 aromatic heterocycles. The van der Waals surface area contributed by atoms with E-state index in [0.717, 1.165) is 49.9 Å². The van der Waals surface area contributed by atoms with Crippen LogP contribution in [0.3, 0.4) is 0 Å². The highest BCUT2D eigenvalue weighted by Gasteiger charge is 2.64. The van der Waals surface area contributed by atoms with Crippen LogP contribution in [-0.4, -0.2) is 16.9 Å². The predicted octanol–water partition coefficient (Wildman–Crippen LogP) is 10.4. The second kappa shape index (κ2) is 11.8. The molecule has 226 valence electrons. The van der Waals surface area contributed by atoms with Gasteiger partial charge in [-0.05, 0) is 109 Å². The zero-order valence-electron chi connectivity index (χ0n) is 26.2. The number of halogens is 1. The molecule has 4 saturated carbocycles. The molecule has 9 atom stereocenters. The van der Waals surface area contributed by atoms with E-state index in [1.165, 1.54) is 50.2 Å². The lowest BCUT2D eigenvalue weighted by atomic mass is 9.44. The summed E-state index contributed by atoms with van der Waals surface area (Å²) in [5, 5.41) is 0. The van der Waals surface area contributed by atoms with Gasteiger partial charge in [-0.3, -0.25) is 4.79 Å². The highest BCUT2D eigenvalue weighted by Crippen LogP contribution is 2.70. The molecule has 4 aliphatic carbocycles. The maximum Gasteiger partial charge on any atom is 0.302 e. The quantitative estimate of drug-likeness (QED) is 0.183. The van der Waals surface area contributed by atoms with Gasteiger partial charge in [-0.15, -0.1) is 11.6 Å². The van der Waals surface area contributed by atoms with E-state index in [0.29, 0.717) is 23.2 Å². The maximum absolute atomic E-state index is 11.7. The van der Waals surface area contributed by atoms with E-state index in [1.807, 2.05) is 0 Å². The van der Waals surface area contributed by atoms with Crippen LogP contribution >= 0.6 is 11.6 Å². The number of alkyl halides is 1. The number of fused-ring (bicyclic) bond motifs is 5. The fourth-order valence-electron chi connectivity index (χ4n) is 10.8. The van der Waals surface area contributed by atoms with Gasteiger partial charge < -0.3 is 4.74 Å². The van der Waals surface area contributed by atoms with E-state index in [9.17, 15) is 4.79 Å². The van der Waals surface area contributed by atoms with E-state index in [1.54, 1.807) is 0 Å². The molecule has 0 saturated heterocycles. The van der Waals surface area contributed by atoms with Crippen molar-refractivity contribution in [2.45, 2.75) is 109 Å². The Bertz CT molecular complexity index is 1220. The van der Waals surface area contributed by atoms with E-state index < -0.39 is 0 Å². The fraction of sp³-hybridized carbons (Fsp3) is 0.615. The van der Waals surface area contributed by atoms with Crippen molar-refractivity contribution in [1.29, 1.82) is 0 Å². The molecule has 0 N–H and O–H groups in total. The second-order valence-corrected chi connectivity index (χ2v) is 15.7. The Hall–Kier alpha value is -2.06. The van der Waals surface area contributed by atoms with Crippen LogP contribution < -0.4 is 0 Å².